The van der Waals surface area contributed by atoms with E-state index in [4.69, 9.17) is 18.3 Å². The number of ether oxygens (including phenoxy) is 5. The van der Waals surface area contributed by atoms with Crippen molar-refractivity contribution in [1.82, 2.24) is 9.55 Å². The van der Waals surface area contributed by atoms with Crippen molar-refractivity contribution in [3.05, 3.63) is 33.1 Å². The fourth-order valence-electron chi connectivity index (χ4n) is 2.78. The molecule has 0 spiro atoms. The van der Waals surface area contributed by atoms with Gasteiger partial charge in [-0.1, -0.05) is 0 Å². The van der Waals surface area contributed by atoms with Crippen molar-refractivity contribution >= 4 is 20.1 Å². The van der Waals surface area contributed by atoms with Crippen molar-refractivity contribution in [2.24, 2.45) is 0 Å². The highest BCUT2D eigenvalue weighted by molar-refractivity contribution is 7.48. The minimum Gasteiger partial charge on any atom is -0.438 e. The fraction of sp³-hybridized carbons (Fsp3) is 0.625. The van der Waals surface area contributed by atoms with Crippen LogP contribution in [0.25, 0.3) is 0 Å². The lowest BCUT2D eigenvalue weighted by atomic mass is 9.95. The minimum absolute atomic E-state index is 0.596. The van der Waals surface area contributed by atoms with Gasteiger partial charge in [-0.3, -0.25) is 14.3 Å². The number of aliphatic hydroxyl groups is 2. The Bertz CT molecular complexity index is 1050. The quantitative estimate of drug-likeness (QED) is 0.196. The molecular weight excluding hydrogens is 510 g/mol. The van der Waals surface area contributed by atoms with Crippen LogP contribution in [0.1, 0.15) is 13.2 Å². The van der Waals surface area contributed by atoms with Crippen molar-refractivity contribution < 1.29 is 66.0 Å². The Kier molecular flexibility index (Phi) is 9.12. The number of aromatic nitrogens is 2. The Labute approximate surface area is 194 Å². The van der Waals surface area contributed by atoms with Gasteiger partial charge in [-0.05, 0) is 6.92 Å². The zero-order valence-electron chi connectivity index (χ0n) is 18.4. The average molecular weight is 532 g/mol. The number of methoxy groups -OCH3 is 2. The van der Waals surface area contributed by atoms with Crippen LogP contribution in [0.4, 0.5) is 14.0 Å². The summed E-state index contributed by atoms with van der Waals surface area (Å²) in [5.41, 5.74) is -4.41. The first-order valence-corrected chi connectivity index (χ1v) is 10.8. The zero-order chi connectivity index (χ0) is 26.4. The lowest BCUT2D eigenvalue weighted by Crippen LogP contribution is -2.52. The molecule has 0 saturated carbocycles. The van der Waals surface area contributed by atoms with E-state index in [-0.39, 0.29) is 0 Å². The van der Waals surface area contributed by atoms with Gasteiger partial charge in [-0.25, -0.2) is 36.9 Å². The van der Waals surface area contributed by atoms with Gasteiger partial charge >= 0.3 is 25.8 Å². The third-order valence-electron chi connectivity index (χ3n) is 4.45. The lowest BCUT2D eigenvalue weighted by molar-refractivity contribution is -0.239. The monoisotopic (exact) mass is 532 g/mol. The molecule has 35 heavy (non-hydrogen) atoms. The standard InChI is InChI=1S/C16H22FN2O15P/c1-15(25)10(21)16(6-17,33-11(15)19-5-4-9(20)18-12(19)22)34-35(26,31-7-29-13(23)27-2)32-8-30-14(24)28-3/h4-5,10-11,21,25H,6-8H2,1-3H3,(H,18,20,22)/t10-,11+,15+,16+/m0/s1. The number of carbonyl (C=O) groups excluding carboxylic acids is 2. The summed E-state index contributed by atoms with van der Waals surface area (Å²) in [7, 11) is -3.27. The lowest BCUT2D eigenvalue weighted by Gasteiger charge is -2.32. The van der Waals surface area contributed by atoms with Crippen LogP contribution < -0.4 is 11.2 Å². The second-order valence-corrected chi connectivity index (χ2v) is 8.38. The number of carbonyl (C=O) groups is 2. The molecule has 0 aromatic carbocycles. The molecule has 1 aromatic heterocycles. The third kappa shape index (κ3) is 6.43. The number of aromatic amines is 1. The van der Waals surface area contributed by atoms with Crippen LogP contribution in [0.3, 0.4) is 0 Å². The van der Waals surface area contributed by atoms with E-state index in [1.165, 1.54) is 0 Å². The molecule has 0 unspecified atom stereocenters. The molecule has 0 radical (unpaired) electrons. The molecule has 198 valence electrons. The van der Waals surface area contributed by atoms with Crippen LogP contribution in [0, 0.1) is 0 Å². The number of nitrogens with one attached hydrogen (secondary N) is 1. The van der Waals surface area contributed by atoms with Crippen LogP contribution in [0.5, 0.6) is 0 Å². The van der Waals surface area contributed by atoms with Crippen molar-refractivity contribution in [3.63, 3.8) is 0 Å². The van der Waals surface area contributed by atoms with Gasteiger partial charge in [0.15, 0.2) is 6.23 Å². The Morgan fingerprint density at radius 3 is 2.20 bits per heavy atom. The molecule has 4 atom stereocenters. The Morgan fingerprint density at radius 1 is 1.20 bits per heavy atom. The van der Waals surface area contributed by atoms with Crippen LogP contribution in [0.15, 0.2) is 21.9 Å². The van der Waals surface area contributed by atoms with Gasteiger partial charge in [0, 0.05) is 12.3 Å². The first-order valence-electron chi connectivity index (χ1n) is 9.31. The van der Waals surface area contributed by atoms with Gasteiger partial charge in [0.2, 0.25) is 19.4 Å². The fourth-order valence-corrected chi connectivity index (χ4v) is 3.89. The summed E-state index contributed by atoms with van der Waals surface area (Å²) in [6.45, 7) is -3.22. The Balaban J connectivity index is 2.37. The summed E-state index contributed by atoms with van der Waals surface area (Å²) in [5.74, 6) is -3.02. The summed E-state index contributed by atoms with van der Waals surface area (Å²) in [6.07, 6.45) is -5.97. The molecule has 1 fully saturated rings. The van der Waals surface area contributed by atoms with Crippen LogP contribution in [-0.4, -0.2) is 84.0 Å². The number of alkyl halides is 1. The van der Waals surface area contributed by atoms with E-state index in [0.29, 0.717) is 4.57 Å². The van der Waals surface area contributed by atoms with Crippen molar-refractivity contribution in [3.8, 4) is 0 Å². The van der Waals surface area contributed by atoms with Crippen LogP contribution >= 0.6 is 7.82 Å². The molecule has 1 aliphatic rings. The number of hydrogen-bond acceptors (Lipinski definition) is 15. The highest BCUT2D eigenvalue weighted by Crippen LogP contribution is 2.57. The maximum atomic E-state index is 14.2. The largest absolute Gasteiger partial charge is 0.510 e. The number of halogens is 1. The molecular formula is C16H22FN2O15P. The number of hydrogen-bond donors (Lipinski definition) is 3. The van der Waals surface area contributed by atoms with Crippen molar-refractivity contribution in [2.75, 3.05) is 34.5 Å². The van der Waals surface area contributed by atoms with E-state index in [9.17, 15) is 38.3 Å². The van der Waals surface area contributed by atoms with Gasteiger partial charge in [0.05, 0.1) is 14.2 Å². The molecule has 0 amide bonds. The van der Waals surface area contributed by atoms with Crippen LogP contribution in [-0.2, 0) is 41.8 Å². The second-order valence-electron chi connectivity index (χ2n) is 6.79. The van der Waals surface area contributed by atoms with E-state index in [1.807, 2.05) is 4.98 Å². The first kappa shape index (κ1) is 28.4. The molecule has 19 heteroatoms. The van der Waals surface area contributed by atoms with E-state index in [1.54, 1.807) is 0 Å². The molecule has 1 aromatic rings. The molecule has 0 aliphatic carbocycles. The summed E-state index contributed by atoms with van der Waals surface area (Å²) >= 11 is 0. The predicted molar refractivity (Wildman–Crippen MR) is 104 cm³/mol. The topological polar surface area (TPSA) is 220 Å². The van der Waals surface area contributed by atoms with Gasteiger partial charge < -0.3 is 33.9 Å². The molecule has 1 aliphatic heterocycles. The smallest absolute Gasteiger partial charge is 0.438 e. The normalized spacial score (nSPS) is 26.2. The predicted octanol–water partition coefficient (Wildman–Crippen LogP) is -0.518. The summed E-state index contributed by atoms with van der Waals surface area (Å²) < 4.78 is 64.7. The van der Waals surface area contributed by atoms with Crippen molar-refractivity contribution in [1.29, 1.82) is 0 Å². The highest BCUT2D eigenvalue weighted by Gasteiger charge is 2.66. The number of nitrogens with zero attached hydrogens (tertiary/aromatic N) is 1. The number of phosphoric ester groups is 1. The average Bonchev–Trinajstić information content (AvgIpc) is 2.99. The van der Waals surface area contributed by atoms with Gasteiger partial charge in [0.1, 0.15) is 18.4 Å². The van der Waals surface area contributed by atoms with E-state index in [0.717, 1.165) is 33.4 Å². The van der Waals surface area contributed by atoms with Gasteiger partial charge in [0.25, 0.3) is 5.56 Å². The van der Waals surface area contributed by atoms with Gasteiger partial charge in [-0.2, -0.15) is 0 Å². The molecule has 3 N–H and O–H groups in total. The van der Waals surface area contributed by atoms with Crippen LogP contribution in [0.2, 0.25) is 0 Å². The molecule has 17 nitrogen and oxygen atoms in total. The number of rotatable bonds is 10. The number of phosphoric acid groups is 1. The minimum atomic E-state index is -5.16. The SMILES string of the molecule is COC(=O)OCOP(=O)(OCOC(=O)OC)O[C@@]1(CF)O[C@@H](n2ccc(=O)[nH]c2=O)[C@](C)(O)[C@@H]1O. The maximum Gasteiger partial charge on any atom is 0.510 e. The summed E-state index contributed by atoms with van der Waals surface area (Å²) in [5, 5.41) is 21.4. The Morgan fingerprint density at radius 2 is 1.74 bits per heavy atom. The van der Waals surface area contributed by atoms with E-state index < -0.39 is 75.4 Å². The number of aliphatic hydroxyl groups excluding tert-OH is 1. The summed E-state index contributed by atoms with van der Waals surface area (Å²) in [4.78, 5) is 47.5. The van der Waals surface area contributed by atoms with Crippen molar-refractivity contribution in [2.45, 2.75) is 30.6 Å². The Hall–Kier alpha value is -2.86. The zero-order valence-corrected chi connectivity index (χ0v) is 19.3. The molecule has 2 heterocycles. The highest BCUT2D eigenvalue weighted by atomic mass is 31.2. The maximum absolute atomic E-state index is 14.2. The second kappa shape index (κ2) is 11.3. The molecule has 1 saturated heterocycles. The third-order valence-corrected chi connectivity index (χ3v) is 5.82. The molecule has 0 bridgehead atoms. The van der Waals surface area contributed by atoms with Gasteiger partial charge in [-0.15, -0.1) is 0 Å². The van der Waals surface area contributed by atoms with E-state index in [2.05, 4.69) is 18.9 Å². The summed E-state index contributed by atoms with van der Waals surface area (Å²) in [6, 6.07) is 0.870. The number of H-pyrrole nitrogens is 1. The first-order chi connectivity index (χ1) is 16.3. The molecule has 2 rings (SSSR count). The van der Waals surface area contributed by atoms with E-state index >= 15 is 0 Å².